The minimum atomic E-state index is -0.548. The van der Waals surface area contributed by atoms with Crippen LogP contribution in [0.2, 0.25) is 0 Å². The van der Waals surface area contributed by atoms with Gasteiger partial charge < -0.3 is 9.84 Å². The molecule has 1 rings (SSSR count). The fourth-order valence-corrected chi connectivity index (χ4v) is 0.797. The summed E-state index contributed by atoms with van der Waals surface area (Å²) in [5.74, 6) is 0.676. The van der Waals surface area contributed by atoms with E-state index in [2.05, 4.69) is 15.5 Å². The van der Waals surface area contributed by atoms with Crippen LogP contribution in [0.3, 0.4) is 0 Å². The third kappa shape index (κ3) is 3.02. The van der Waals surface area contributed by atoms with E-state index in [1.807, 2.05) is 0 Å². The average molecular weight is 204 g/mol. The molecule has 0 fully saturated rings. The fraction of sp³-hybridized carbons (Fsp3) is 0.571. The number of aryl methyl sites for hydroxylation is 1. The number of amides is 1. The normalized spacial score (nSPS) is 12.5. The molecule has 1 unspecified atom stereocenters. The molecule has 1 aromatic heterocycles. The van der Waals surface area contributed by atoms with Crippen molar-refractivity contribution in [1.82, 2.24) is 15.5 Å². The van der Waals surface area contributed by atoms with Crippen LogP contribution in [0.5, 0.6) is 0 Å². The number of hydrogen-bond acceptors (Lipinski definition) is 4. The molecule has 72 valence electrons. The van der Waals surface area contributed by atoms with Gasteiger partial charge in [0.1, 0.15) is 5.38 Å². The number of carbonyl (C=O) groups excluding carboxylic acids is 1. The minimum absolute atomic E-state index is 0.243. The van der Waals surface area contributed by atoms with Crippen LogP contribution in [0.4, 0.5) is 0 Å². The topological polar surface area (TPSA) is 68.0 Å². The molecule has 0 saturated carbocycles. The van der Waals surface area contributed by atoms with Crippen molar-refractivity contribution in [2.45, 2.75) is 25.8 Å². The van der Waals surface area contributed by atoms with Crippen LogP contribution in [0.1, 0.15) is 18.6 Å². The zero-order valence-electron chi connectivity index (χ0n) is 7.37. The van der Waals surface area contributed by atoms with Gasteiger partial charge in [0.2, 0.25) is 11.8 Å². The third-order valence-electron chi connectivity index (χ3n) is 1.35. The minimum Gasteiger partial charge on any atom is -0.347 e. The maximum absolute atomic E-state index is 11.0. The average Bonchev–Trinajstić information content (AvgIpc) is 2.47. The van der Waals surface area contributed by atoms with Crippen molar-refractivity contribution in [2.75, 3.05) is 0 Å². The van der Waals surface area contributed by atoms with Crippen molar-refractivity contribution in [3.63, 3.8) is 0 Å². The van der Waals surface area contributed by atoms with Crippen LogP contribution in [-0.4, -0.2) is 21.4 Å². The maximum Gasteiger partial charge on any atom is 0.238 e. The Balaban J connectivity index is 2.39. The quantitative estimate of drug-likeness (QED) is 0.732. The van der Waals surface area contributed by atoms with Crippen molar-refractivity contribution in [3.05, 3.63) is 11.7 Å². The second-order valence-corrected chi connectivity index (χ2v) is 3.22. The Kier molecular flexibility index (Phi) is 3.25. The second-order valence-electron chi connectivity index (χ2n) is 2.56. The smallest absolute Gasteiger partial charge is 0.238 e. The Bertz CT molecular complexity index is 298. The van der Waals surface area contributed by atoms with Crippen LogP contribution >= 0.6 is 11.6 Å². The molecule has 1 amide bonds. The predicted molar refractivity (Wildman–Crippen MR) is 46.2 cm³/mol. The van der Waals surface area contributed by atoms with Gasteiger partial charge in [-0.25, -0.2) is 0 Å². The Morgan fingerprint density at radius 3 is 2.92 bits per heavy atom. The SMILES string of the molecule is Cc1nc(CNC(=O)C(C)Cl)no1. The highest BCUT2D eigenvalue weighted by Gasteiger charge is 2.09. The third-order valence-corrected chi connectivity index (χ3v) is 1.55. The van der Waals surface area contributed by atoms with E-state index in [9.17, 15) is 4.79 Å². The number of alkyl halides is 1. The lowest BCUT2D eigenvalue weighted by Gasteiger charge is -2.02. The van der Waals surface area contributed by atoms with Gasteiger partial charge in [0.25, 0.3) is 0 Å². The lowest BCUT2D eigenvalue weighted by Crippen LogP contribution is -2.29. The molecule has 0 radical (unpaired) electrons. The fourth-order valence-electron chi connectivity index (χ4n) is 0.720. The first-order chi connectivity index (χ1) is 6.09. The Labute approximate surface area is 80.5 Å². The highest BCUT2D eigenvalue weighted by molar-refractivity contribution is 6.30. The van der Waals surface area contributed by atoms with Crippen molar-refractivity contribution >= 4 is 17.5 Å². The maximum atomic E-state index is 11.0. The molecule has 5 nitrogen and oxygen atoms in total. The summed E-state index contributed by atoms with van der Waals surface area (Å²) >= 11 is 5.52. The number of halogens is 1. The molecule has 1 N–H and O–H groups in total. The zero-order chi connectivity index (χ0) is 9.84. The first-order valence-electron chi connectivity index (χ1n) is 3.80. The molecule has 0 bridgehead atoms. The number of hydrogen-bond donors (Lipinski definition) is 1. The van der Waals surface area contributed by atoms with E-state index in [-0.39, 0.29) is 12.5 Å². The molecule has 13 heavy (non-hydrogen) atoms. The molecule has 6 heteroatoms. The van der Waals surface area contributed by atoms with E-state index >= 15 is 0 Å². The summed E-state index contributed by atoms with van der Waals surface area (Å²) in [6, 6.07) is 0. The molecule has 0 spiro atoms. The largest absolute Gasteiger partial charge is 0.347 e. The zero-order valence-corrected chi connectivity index (χ0v) is 8.13. The number of nitrogens with zero attached hydrogens (tertiary/aromatic N) is 2. The molecule has 1 atom stereocenters. The van der Waals surface area contributed by atoms with Crippen LogP contribution in [0, 0.1) is 6.92 Å². The predicted octanol–water partition coefficient (Wildman–Crippen LogP) is 0.622. The first kappa shape index (κ1) is 9.98. The summed E-state index contributed by atoms with van der Waals surface area (Å²) in [5, 5.41) is 5.61. The number of carbonyl (C=O) groups is 1. The van der Waals surface area contributed by atoms with Gasteiger partial charge in [-0.2, -0.15) is 4.98 Å². The molecule has 1 aromatic rings. The van der Waals surface area contributed by atoms with Gasteiger partial charge in [-0.15, -0.1) is 11.6 Å². The lowest BCUT2D eigenvalue weighted by atomic mass is 10.4. The van der Waals surface area contributed by atoms with Gasteiger partial charge in [-0.05, 0) is 6.92 Å². The first-order valence-corrected chi connectivity index (χ1v) is 4.24. The van der Waals surface area contributed by atoms with Crippen LogP contribution < -0.4 is 5.32 Å². The van der Waals surface area contributed by atoms with E-state index in [0.29, 0.717) is 11.7 Å². The van der Waals surface area contributed by atoms with Crippen LogP contribution in [0.15, 0.2) is 4.52 Å². The summed E-state index contributed by atoms with van der Waals surface area (Å²) in [6.45, 7) is 3.52. The molecular formula is C7H10ClN3O2. The molecule has 0 saturated heterocycles. The van der Waals surface area contributed by atoms with Crippen molar-refractivity contribution in [3.8, 4) is 0 Å². The number of nitrogens with one attached hydrogen (secondary N) is 1. The van der Waals surface area contributed by atoms with Crippen molar-refractivity contribution < 1.29 is 9.32 Å². The van der Waals surface area contributed by atoms with Crippen molar-refractivity contribution in [2.24, 2.45) is 0 Å². The van der Waals surface area contributed by atoms with Crippen molar-refractivity contribution in [1.29, 1.82) is 0 Å². The summed E-state index contributed by atoms with van der Waals surface area (Å²) in [7, 11) is 0. The molecular weight excluding hydrogens is 194 g/mol. The highest BCUT2D eigenvalue weighted by Crippen LogP contribution is 1.96. The summed E-state index contributed by atoms with van der Waals surface area (Å²) in [4.78, 5) is 14.9. The van der Waals surface area contributed by atoms with Gasteiger partial charge in [0.15, 0.2) is 5.82 Å². The van der Waals surface area contributed by atoms with Crippen LogP contribution in [-0.2, 0) is 11.3 Å². The highest BCUT2D eigenvalue weighted by atomic mass is 35.5. The number of aromatic nitrogens is 2. The van der Waals surface area contributed by atoms with Gasteiger partial charge in [-0.1, -0.05) is 5.16 Å². The summed E-state index contributed by atoms with van der Waals surface area (Å²) in [6.07, 6.45) is 0. The Morgan fingerprint density at radius 1 is 1.77 bits per heavy atom. The van der Waals surface area contributed by atoms with Gasteiger partial charge in [0, 0.05) is 6.92 Å². The number of rotatable bonds is 3. The van der Waals surface area contributed by atoms with Gasteiger partial charge in [0.05, 0.1) is 6.54 Å². The van der Waals surface area contributed by atoms with Crippen LogP contribution in [0.25, 0.3) is 0 Å². The molecule has 0 aliphatic rings. The molecule has 0 aromatic carbocycles. The second kappa shape index (κ2) is 4.23. The lowest BCUT2D eigenvalue weighted by molar-refractivity contribution is -0.120. The standard InChI is InChI=1S/C7H10ClN3O2/c1-4(8)7(12)9-3-6-10-5(2)13-11-6/h4H,3H2,1-2H3,(H,9,12). The Morgan fingerprint density at radius 2 is 2.46 bits per heavy atom. The van der Waals surface area contributed by atoms with E-state index in [1.165, 1.54) is 0 Å². The van der Waals surface area contributed by atoms with Gasteiger partial charge >= 0.3 is 0 Å². The van der Waals surface area contributed by atoms with Gasteiger partial charge in [-0.3, -0.25) is 4.79 Å². The Hall–Kier alpha value is -1.10. The molecule has 0 aliphatic carbocycles. The van der Waals surface area contributed by atoms with E-state index < -0.39 is 5.38 Å². The molecule has 1 heterocycles. The van der Waals surface area contributed by atoms with E-state index in [4.69, 9.17) is 16.1 Å². The van der Waals surface area contributed by atoms with E-state index in [1.54, 1.807) is 13.8 Å². The summed E-state index contributed by atoms with van der Waals surface area (Å²) < 4.78 is 4.71. The summed E-state index contributed by atoms with van der Waals surface area (Å²) in [5.41, 5.74) is 0. The molecule has 0 aliphatic heterocycles. The van der Waals surface area contributed by atoms with E-state index in [0.717, 1.165) is 0 Å². The monoisotopic (exact) mass is 203 g/mol.